The summed E-state index contributed by atoms with van der Waals surface area (Å²) < 4.78 is 34.3. The standard InChI is InChI=1S/C62H52O17/c1-4-55(64)76-34-43(78-60(72)50-15-7-6-14-48(50)57(66)67)32-74-41-24-20-39(21-25-41)62(53-16-10-8-12-46(53)47-13-9-11-17-54(47)62)40-22-26-42(27-23-40)75-33-44(35-77-56(65)5-2)79-61(73)52-31-38(19-29-49(52)58(68)69)37-18-28-45(36(3)63)51(30-37)59(70)71/h4-13,16-31,43-44,48,50H,1-2,14-15,32-35H2,3H3,(H,66,67)(H,68,69)(H,70,71). The van der Waals surface area contributed by atoms with E-state index < -0.39 is 94.8 Å². The molecule has 0 amide bonds. The van der Waals surface area contributed by atoms with Gasteiger partial charge in [0.05, 0.1) is 33.9 Å². The summed E-state index contributed by atoms with van der Waals surface area (Å²) in [6.07, 6.45) is 3.28. The van der Waals surface area contributed by atoms with Crippen LogP contribution in [0, 0.1) is 11.8 Å². The van der Waals surface area contributed by atoms with E-state index in [1.807, 2.05) is 60.7 Å². The van der Waals surface area contributed by atoms with E-state index in [-0.39, 0.29) is 54.9 Å². The van der Waals surface area contributed by atoms with Crippen molar-refractivity contribution in [1.82, 2.24) is 0 Å². The zero-order chi connectivity index (χ0) is 56.4. The first-order chi connectivity index (χ1) is 38.0. The first-order valence-corrected chi connectivity index (χ1v) is 24.8. The van der Waals surface area contributed by atoms with Gasteiger partial charge in [-0.3, -0.25) is 14.4 Å². The maximum absolute atomic E-state index is 13.9. The molecule has 8 rings (SSSR count). The van der Waals surface area contributed by atoms with Crippen LogP contribution in [-0.4, -0.2) is 102 Å². The average Bonchev–Trinajstić information content (AvgIpc) is 3.08. The summed E-state index contributed by atoms with van der Waals surface area (Å²) in [6.45, 7) is 6.55. The van der Waals surface area contributed by atoms with Crippen LogP contribution in [0.3, 0.4) is 0 Å². The highest BCUT2D eigenvalue weighted by molar-refractivity contribution is 6.06. The molecule has 0 spiro atoms. The Balaban J connectivity index is 1.05. The van der Waals surface area contributed by atoms with Gasteiger partial charge in [-0.2, -0.15) is 0 Å². The minimum absolute atomic E-state index is 0.0390. The molecule has 0 heterocycles. The number of ketones is 1. The summed E-state index contributed by atoms with van der Waals surface area (Å²) >= 11 is 0. The van der Waals surface area contributed by atoms with Crippen LogP contribution in [0.25, 0.3) is 22.3 Å². The second kappa shape index (κ2) is 24.4. The number of carboxylic acid groups (broad SMARTS) is 3. The number of aromatic carboxylic acids is 2. The molecule has 0 saturated carbocycles. The van der Waals surface area contributed by atoms with Crippen LogP contribution in [0.15, 0.2) is 171 Å². The van der Waals surface area contributed by atoms with Crippen LogP contribution in [-0.2, 0) is 43.5 Å². The number of allylic oxidation sites excluding steroid dienone is 2. The van der Waals surface area contributed by atoms with Gasteiger partial charge >= 0.3 is 41.8 Å². The Kier molecular flexibility index (Phi) is 17.1. The molecule has 0 radical (unpaired) electrons. The van der Waals surface area contributed by atoms with E-state index in [2.05, 4.69) is 25.3 Å². The van der Waals surface area contributed by atoms with Gasteiger partial charge < -0.3 is 43.7 Å². The molecule has 2 aliphatic rings. The molecule has 0 aliphatic heterocycles. The lowest BCUT2D eigenvalue weighted by Crippen LogP contribution is -2.37. The number of fused-ring (bicyclic) bond motifs is 3. The largest absolute Gasteiger partial charge is 0.490 e. The van der Waals surface area contributed by atoms with E-state index >= 15 is 0 Å². The van der Waals surface area contributed by atoms with Gasteiger partial charge in [0.15, 0.2) is 18.0 Å². The average molecular weight is 1070 g/mol. The zero-order valence-electron chi connectivity index (χ0n) is 42.5. The highest BCUT2D eigenvalue weighted by atomic mass is 16.6. The molecule has 0 bridgehead atoms. The van der Waals surface area contributed by atoms with E-state index in [0.717, 1.165) is 51.6 Å². The Morgan fingerprint density at radius 3 is 1.47 bits per heavy atom. The topological polar surface area (TPSA) is 253 Å². The van der Waals surface area contributed by atoms with Crippen molar-refractivity contribution in [2.45, 2.75) is 37.4 Å². The molecule has 17 nitrogen and oxygen atoms in total. The van der Waals surface area contributed by atoms with E-state index in [9.17, 15) is 53.7 Å². The normalized spacial score (nSPS) is 15.4. The molecular formula is C62H52O17. The third kappa shape index (κ3) is 12.1. The molecule has 79 heavy (non-hydrogen) atoms. The van der Waals surface area contributed by atoms with Gasteiger partial charge in [0.2, 0.25) is 0 Å². The Morgan fingerprint density at radius 2 is 1.00 bits per heavy atom. The molecule has 4 atom stereocenters. The fourth-order valence-electron chi connectivity index (χ4n) is 9.81. The Morgan fingerprint density at radius 1 is 0.544 bits per heavy atom. The van der Waals surface area contributed by atoms with Gasteiger partial charge in [-0.05, 0) is 113 Å². The SMILES string of the molecule is C=CC(=O)OCC(COc1ccc(C2(c3ccc(OCC(COC(=O)C=C)OC(=O)C4CC=CCC4C(=O)O)cc3)c3ccccc3-c3ccccc32)cc1)OC(=O)c1cc(-c2ccc(C(C)=O)c(C(=O)O)c2)ccc1C(=O)O. The van der Waals surface area contributed by atoms with Gasteiger partial charge in [0.25, 0.3) is 0 Å². The number of ether oxygens (including phenoxy) is 6. The summed E-state index contributed by atoms with van der Waals surface area (Å²) in [4.78, 5) is 100. The third-order valence-electron chi connectivity index (χ3n) is 13.6. The quantitative estimate of drug-likeness (QED) is 0.0177. The van der Waals surface area contributed by atoms with E-state index in [4.69, 9.17) is 28.4 Å². The summed E-state index contributed by atoms with van der Waals surface area (Å²) in [5, 5.41) is 29.6. The molecule has 0 aromatic heterocycles. The monoisotopic (exact) mass is 1070 g/mol. The molecule has 0 fully saturated rings. The summed E-state index contributed by atoms with van der Waals surface area (Å²) in [7, 11) is 0. The number of rotatable bonds is 23. The number of hydrogen-bond acceptors (Lipinski definition) is 14. The van der Waals surface area contributed by atoms with Gasteiger partial charge in [-0.25, -0.2) is 24.0 Å². The number of benzene rings is 6. The molecular weight excluding hydrogens is 1020 g/mol. The van der Waals surface area contributed by atoms with Gasteiger partial charge in [0.1, 0.15) is 37.9 Å². The Bertz CT molecular complexity index is 3360. The second-order valence-electron chi connectivity index (χ2n) is 18.4. The zero-order valence-corrected chi connectivity index (χ0v) is 42.5. The van der Waals surface area contributed by atoms with Crippen molar-refractivity contribution in [3.05, 3.63) is 215 Å². The maximum atomic E-state index is 13.9. The van der Waals surface area contributed by atoms with E-state index in [1.54, 1.807) is 36.4 Å². The number of carbonyl (C=O) groups is 8. The summed E-state index contributed by atoms with van der Waals surface area (Å²) in [6, 6.07) is 38.4. The minimum Gasteiger partial charge on any atom is -0.490 e. The molecule has 2 aliphatic carbocycles. The third-order valence-corrected chi connectivity index (χ3v) is 13.6. The van der Waals surface area contributed by atoms with E-state index in [1.165, 1.54) is 37.3 Å². The van der Waals surface area contributed by atoms with Crippen LogP contribution in [0.5, 0.6) is 11.5 Å². The molecule has 0 saturated heterocycles. The summed E-state index contributed by atoms with van der Waals surface area (Å²) in [5.74, 6) is -9.08. The Hall–Kier alpha value is -9.90. The molecule has 4 unspecified atom stereocenters. The van der Waals surface area contributed by atoms with Gasteiger partial charge in [-0.15, -0.1) is 0 Å². The van der Waals surface area contributed by atoms with Crippen molar-refractivity contribution >= 4 is 47.6 Å². The van der Waals surface area contributed by atoms with Crippen molar-refractivity contribution in [2.24, 2.45) is 11.8 Å². The van der Waals surface area contributed by atoms with Gasteiger partial charge in [0, 0.05) is 17.7 Å². The number of carboxylic acids is 3. The van der Waals surface area contributed by atoms with Crippen LogP contribution in [0.4, 0.5) is 0 Å². The lowest BCUT2D eigenvalue weighted by molar-refractivity contribution is -0.167. The highest BCUT2D eigenvalue weighted by Gasteiger charge is 2.46. The molecule has 3 N–H and O–H groups in total. The predicted octanol–water partition coefficient (Wildman–Crippen LogP) is 9.34. The van der Waals surface area contributed by atoms with Crippen LogP contribution in [0.1, 0.15) is 83.5 Å². The van der Waals surface area contributed by atoms with Crippen molar-refractivity contribution in [2.75, 3.05) is 26.4 Å². The van der Waals surface area contributed by atoms with Crippen LogP contribution < -0.4 is 9.47 Å². The first-order valence-electron chi connectivity index (χ1n) is 24.8. The fourth-order valence-corrected chi connectivity index (χ4v) is 9.81. The first kappa shape index (κ1) is 55.3. The number of esters is 4. The van der Waals surface area contributed by atoms with Crippen molar-refractivity contribution < 1.29 is 82.1 Å². The smallest absolute Gasteiger partial charge is 0.339 e. The molecule has 6 aromatic rings. The highest BCUT2D eigenvalue weighted by Crippen LogP contribution is 2.56. The maximum Gasteiger partial charge on any atom is 0.339 e. The Labute approximate surface area is 452 Å². The lowest BCUT2D eigenvalue weighted by atomic mass is 9.68. The predicted molar refractivity (Wildman–Crippen MR) is 285 cm³/mol. The lowest BCUT2D eigenvalue weighted by Gasteiger charge is -2.34. The van der Waals surface area contributed by atoms with Crippen LogP contribution in [0.2, 0.25) is 0 Å². The fraction of sp³-hybridized carbons (Fsp3) is 0.194. The molecule has 6 aromatic carbocycles. The number of aliphatic carboxylic acids is 1. The number of hydrogen-bond donors (Lipinski definition) is 3. The number of carbonyl (C=O) groups excluding carboxylic acids is 5. The molecule has 17 heteroatoms. The minimum atomic E-state index is -1.46. The molecule has 402 valence electrons. The number of Topliss-reactive ketones (excluding diaryl/α,β-unsaturated/α-hetero) is 1. The van der Waals surface area contributed by atoms with Gasteiger partial charge in [-0.1, -0.05) is 110 Å². The van der Waals surface area contributed by atoms with Crippen molar-refractivity contribution in [1.29, 1.82) is 0 Å². The van der Waals surface area contributed by atoms with Crippen LogP contribution >= 0.6 is 0 Å². The second-order valence-corrected chi connectivity index (χ2v) is 18.4. The van der Waals surface area contributed by atoms with Crippen molar-refractivity contribution in [3.63, 3.8) is 0 Å². The summed E-state index contributed by atoms with van der Waals surface area (Å²) in [5.41, 5.74) is 4.08. The van der Waals surface area contributed by atoms with Crippen molar-refractivity contribution in [3.8, 4) is 33.8 Å². The van der Waals surface area contributed by atoms with E-state index in [0.29, 0.717) is 11.5 Å².